The zero-order valence-corrected chi connectivity index (χ0v) is 12.8. The molecular weight excluding hydrogens is 267 g/mol. The summed E-state index contributed by atoms with van der Waals surface area (Å²) in [4.78, 5) is 6.13. The van der Waals surface area contributed by atoms with Crippen LogP contribution in [0.2, 0.25) is 0 Å². The lowest BCUT2D eigenvalue weighted by Gasteiger charge is -2.26. The maximum atomic E-state index is 13.7. The first-order valence-corrected chi connectivity index (χ1v) is 7.48. The van der Waals surface area contributed by atoms with Crippen LogP contribution in [0.4, 0.5) is 10.2 Å². The van der Waals surface area contributed by atoms with Crippen molar-refractivity contribution >= 4 is 5.82 Å². The van der Waals surface area contributed by atoms with Gasteiger partial charge in [0.15, 0.2) is 11.6 Å². The number of hydrogen-bond acceptors (Lipinski definition) is 4. The molecule has 2 rings (SSSR count). The Bertz CT molecular complexity index is 509. The van der Waals surface area contributed by atoms with E-state index in [0.29, 0.717) is 18.3 Å². The molecule has 21 heavy (non-hydrogen) atoms. The van der Waals surface area contributed by atoms with E-state index in [-0.39, 0.29) is 11.2 Å². The molecule has 5 heteroatoms. The minimum Gasteiger partial charge on any atom is -0.353 e. The third-order valence-electron chi connectivity index (χ3n) is 4.01. The fourth-order valence-electron chi connectivity index (χ4n) is 2.63. The number of halogens is 1. The molecule has 1 aromatic rings. The van der Waals surface area contributed by atoms with Crippen molar-refractivity contribution < 1.29 is 4.39 Å². The molecule has 1 N–H and O–H groups in total. The number of anilines is 1. The Morgan fingerprint density at radius 3 is 3.10 bits per heavy atom. The van der Waals surface area contributed by atoms with Crippen LogP contribution in [0.1, 0.15) is 33.1 Å². The summed E-state index contributed by atoms with van der Waals surface area (Å²) in [6.07, 6.45) is 4.10. The largest absolute Gasteiger partial charge is 0.353 e. The molecule has 0 saturated carbocycles. The molecule has 0 amide bonds. The van der Waals surface area contributed by atoms with Gasteiger partial charge in [-0.2, -0.15) is 5.26 Å². The lowest BCUT2D eigenvalue weighted by Crippen LogP contribution is -2.39. The van der Waals surface area contributed by atoms with Crippen LogP contribution >= 0.6 is 0 Å². The zero-order valence-electron chi connectivity index (χ0n) is 12.8. The van der Waals surface area contributed by atoms with Gasteiger partial charge in [0.1, 0.15) is 0 Å². The lowest BCUT2D eigenvalue weighted by atomic mass is 9.88. The molecule has 0 aromatic carbocycles. The Hall–Kier alpha value is -1.67. The van der Waals surface area contributed by atoms with E-state index >= 15 is 0 Å². The maximum absolute atomic E-state index is 13.7. The Morgan fingerprint density at radius 2 is 2.38 bits per heavy atom. The van der Waals surface area contributed by atoms with Crippen molar-refractivity contribution in [3.05, 3.63) is 24.1 Å². The second-order valence-corrected chi connectivity index (χ2v) is 6.44. The third kappa shape index (κ3) is 4.40. The monoisotopic (exact) mass is 290 g/mol. The van der Waals surface area contributed by atoms with Crippen molar-refractivity contribution in [2.24, 2.45) is 5.41 Å². The number of nitriles is 1. The molecule has 0 bridgehead atoms. The van der Waals surface area contributed by atoms with E-state index < -0.39 is 0 Å². The molecule has 1 saturated heterocycles. The molecule has 1 atom stereocenters. The number of rotatable bonds is 6. The van der Waals surface area contributed by atoms with Gasteiger partial charge in [-0.25, -0.2) is 9.37 Å². The van der Waals surface area contributed by atoms with Gasteiger partial charge in [-0.15, -0.1) is 0 Å². The van der Waals surface area contributed by atoms with Crippen molar-refractivity contribution in [3.8, 4) is 6.07 Å². The first-order valence-electron chi connectivity index (χ1n) is 7.48. The SMILES string of the molecule is CC(C)(CCC#N)CN[C@@H]1CCN(c2ncccc2F)C1. The standard InChI is InChI=1S/C16H23FN4/c1-16(2,7-4-8-18)12-20-13-6-10-21(11-13)15-14(17)5-3-9-19-15/h3,5,9,13,20H,4,6-7,10-12H2,1-2H3/t13-/m1/s1. The van der Waals surface area contributed by atoms with Crippen molar-refractivity contribution in [1.82, 2.24) is 10.3 Å². The Morgan fingerprint density at radius 1 is 1.57 bits per heavy atom. The molecule has 1 aromatic heterocycles. The fourth-order valence-corrected chi connectivity index (χ4v) is 2.63. The highest BCUT2D eigenvalue weighted by molar-refractivity contribution is 5.41. The summed E-state index contributed by atoms with van der Waals surface area (Å²) in [5.41, 5.74) is 0.111. The van der Waals surface area contributed by atoms with E-state index in [4.69, 9.17) is 5.26 Å². The van der Waals surface area contributed by atoms with E-state index in [0.717, 1.165) is 32.5 Å². The highest BCUT2D eigenvalue weighted by atomic mass is 19.1. The summed E-state index contributed by atoms with van der Waals surface area (Å²) in [7, 11) is 0. The van der Waals surface area contributed by atoms with E-state index in [1.165, 1.54) is 6.07 Å². The molecule has 1 fully saturated rings. The van der Waals surface area contributed by atoms with Crippen LogP contribution in [-0.2, 0) is 0 Å². The highest BCUT2D eigenvalue weighted by Gasteiger charge is 2.27. The molecule has 1 aliphatic heterocycles. The molecule has 0 spiro atoms. The van der Waals surface area contributed by atoms with Crippen LogP contribution in [0.15, 0.2) is 18.3 Å². The van der Waals surface area contributed by atoms with Gasteiger partial charge in [0.2, 0.25) is 0 Å². The van der Waals surface area contributed by atoms with Gasteiger partial charge in [0, 0.05) is 38.3 Å². The van der Waals surface area contributed by atoms with Crippen molar-refractivity contribution in [2.45, 2.75) is 39.2 Å². The van der Waals surface area contributed by atoms with Crippen LogP contribution in [0.3, 0.4) is 0 Å². The predicted molar refractivity (Wildman–Crippen MR) is 81.4 cm³/mol. The second-order valence-electron chi connectivity index (χ2n) is 6.44. The summed E-state index contributed by atoms with van der Waals surface area (Å²) in [5.74, 6) is 0.193. The predicted octanol–water partition coefficient (Wildman–Crippen LogP) is 2.72. The summed E-state index contributed by atoms with van der Waals surface area (Å²) in [5, 5.41) is 12.2. The number of pyridine rings is 1. The van der Waals surface area contributed by atoms with Crippen LogP contribution < -0.4 is 10.2 Å². The van der Waals surface area contributed by atoms with Gasteiger partial charge in [0.05, 0.1) is 6.07 Å². The average molecular weight is 290 g/mol. The van der Waals surface area contributed by atoms with Crippen LogP contribution in [0.25, 0.3) is 0 Å². The number of nitrogens with one attached hydrogen (secondary N) is 1. The smallest absolute Gasteiger partial charge is 0.165 e. The van der Waals surface area contributed by atoms with Gasteiger partial charge < -0.3 is 10.2 Å². The van der Waals surface area contributed by atoms with Crippen LogP contribution in [0, 0.1) is 22.6 Å². The van der Waals surface area contributed by atoms with Gasteiger partial charge in [-0.1, -0.05) is 13.8 Å². The summed E-state index contributed by atoms with van der Waals surface area (Å²) in [6, 6.07) is 5.62. The van der Waals surface area contributed by atoms with E-state index in [2.05, 4.69) is 30.2 Å². The van der Waals surface area contributed by atoms with E-state index in [1.807, 2.05) is 4.90 Å². The molecule has 114 valence electrons. The van der Waals surface area contributed by atoms with Gasteiger partial charge in [0.25, 0.3) is 0 Å². The normalized spacial score (nSPS) is 18.8. The highest BCUT2D eigenvalue weighted by Crippen LogP contribution is 2.23. The van der Waals surface area contributed by atoms with Crippen molar-refractivity contribution in [2.75, 3.05) is 24.5 Å². The summed E-state index contributed by atoms with van der Waals surface area (Å²) >= 11 is 0. The van der Waals surface area contributed by atoms with E-state index in [9.17, 15) is 4.39 Å². The first kappa shape index (κ1) is 15.7. The Labute approximate surface area is 126 Å². The van der Waals surface area contributed by atoms with Crippen molar-refractivity contribution in [1.29, 1.82) is 5.26 Å². The average Bonchev–Trinajstić information content (AvgIpc) is 2.92. The fraction of sp³-hybridized carbons (Fsp3) is 0.625. The van der Waals surface area contributed by atoms with Gasteiger partial charge >= 0.3 is 0 Å². The third-order valence-corrected chi connectivity index (χ3v) is 4.01. The topological polar surface area (TPSA) is 52.0 Å². The van der Waals surface area contributed by atoms with Gasteiger partial charge in [-0.05, 0) is 30.4 Å². The molecule has 4 nitrogen and oxygen atoms in total. The lowest BCUT2D eigenvalue weighted by molar-refractivity contribution is 0.303. The van der Waals surface area contributed by atoms with E-state index in [1.54, 1.807) is 12.3 Å². The Kier molecular flexibility index (Phi) is 5.13. The zero-order chi connectivity index (χ0) is 15.3. The Balaban J connectivity index is 1.83. The molecular formula is C16H23FN4. The minimum absolute atomic E-state index is 0.111. The minimum atomic E-state index is -0.257. The van der Waals surface area contributed by atoms with Crippen molar-refractivity contribution in [3.63, 3.8) is 0 Å². The first-order chi connectivity index (χ1) is 10.0. The number of nitrogens with zero attached hydrogens (tertiary/aromatic N) is 3. The maximum Gasteiger partial charge on any atom is 0.165 e. The number of hydrogen-bond donors (Lipinski definition) is 1. The van der Waals surface area contributed by atoms with Gasteiger partial charge in [-0.3, -0.25) is 0 Å². The second kappa shape index (κ2) is 6.86. The summed E-state index contributed by atoms with van der Waals surface area (Å²) < 4.78 is 13.7. The molecule has 0 aliphatic carbocycles. The number of aromatic nitrogens is 1. The molecule has 0 radical (unpaired) electrons. The molecule has 2 heterocycles. The molecule has 0 unspecified atom stereocenters. The summed E-state index contributed by atoms with van der Waals surface area (Å²) in [6.45, 7) is 6.81. The van der Waals surface area contributed by atoms with Crippen LogP contribution in [-0.4, -0.2) is 30.7 Å². The van der Waals surface area contributed by atoms with Crippen LogP contribution in [0.5, 0.6) is 0 Å². The quantitative estimate of drug-likeness (QED) is 0.875. The molecule has 1 aliphatic rings.